The number of carbonyl (C=O) groups excluding carboxylic acids is 1. The Bertz CT molecular complexity index is 301. The van der Waals surface area contributed by atoms with Crippen molar-refractivity contribution >= 4 is 11.9 Å². The Balaban J connectivity index is 2.42. The summed E-state index contributed by atoms with van der Waals surface area (Å²) in [6.07, 6.45) is 6.69. The van der Waals surface area contributed by atoms with Crippen molar-refractivity contribution in [3.63, 3.8) is 0 Å². The van der Waals surface area contributed by atoms with Crippen LogP contribution in [0.25, 0.3) is 0 Å². The molecule has 0 heterocycles. The van der Waals surface area contributed by atoms with E-state index in [1.54, 1.807) is 0 Å². The maximum absolute atomic E-state index is 12.0. The summed E-state index contributed by atoms with van der Waals surface area (Å²) in [7, 11) is 0. The minimum Gasteiger partial charge on any atom is -0.481 e. The van der Waals surface area contributed by atoms with Crippen molar-refractivity contribution in [1.82, 2.24) is 0 Å². The summed E-state index contributed by atoms with van der Waals surface area (Å²) in [6.45, 7) is 4.47. The molecule has 1 saturated carbocycles. The molecule has 1 N–H and O–H groups in total. The van der Waals surface area contributed by atoms with Gasteiger partial charge in [-0.2, -0.15) is 0 Å². The predicted molar refractivity (Wildman–Crippen MR) is 72.7 cm³/mol. The van der Waals surface area contributed by atoms with Gasteiger partial charge in [0.1, 0.15) is 0 Å². The molecular weight excluding hydrogens is 244 g/mol. The average molecular weight is 270 g/mol. The molecule has 1 fully saturated rings. The molecule has 4 heteroatoms. The van der Waals surface area contributed by atoms with Crippen molar-refractivity contribution in [1.29, 1.82) is 0 Å². The Kier molecular flexibility index (Phi) is 6.89. The summed E-state index contributed by atoms with van der Waals surface area (Å²) in [5.74, 6) is -2.14. The fraction of sp³-hybridized carbons (Fsp3) is 0.867. The Hall–Kier alpha value is -1.06. The van der Waals surface area contributed by atoms with Crippen LogP contribution in [-0.2, 0) is 14.3 Å². The van der Waals surface area contributed by atoms with Gasteiger partial charge in [-0.15, -0.1) is 0 Å². The van der Waals surface area contributed by atoms with Crippen LogP contribution in [0.5, 0.6) is 0 Å². The highest BCUT2D eigenvalue weighted by molar-refractivity contribution is 5.81. The quantitative estimate of drug-likeness (QED) is 0.569. The lowest BCUT2D eigenvalue weighted by Crippen LogP contribution is -2.38. The van der Waals surface area contributed by atoms with Gasteiger partial charge in [0.05, 0.1) is 18.4 Å². The van der Waals surface area contributed by atoms with Gasteiger partial charge in [-0.25, -0.2) is 0 Å². The molecule has 0 aliphatic heterocycles. The highest BCUT2D eigenvalue weighted by Gasteiger charge is 2.40. The van der Waals surface area contributed by atoms with Crippen LogP contribution in [-0.4, -0.2) is 23.7 Å². The van der Waals surface area contributed by atoms with E-state index in [1.807, 2.05) is 6.92 Å². The highest BCUT2D eigenvalue weighted by atomic mass is 16.5. The number of ether oxygens (including phenoxy) is 1. The highest BCUT2D eigenvalue weighted by Crippen LogP contribution is 2.35. The van der Waals surface area contributed by atoms with Crippen LogP contribution in [0.3, 0.4) is 0 Å². The lowest BCUT2D eigenvalue weighted by atomic mass is 9.73. The number of hydrogen-bond donors (Lipinski definition) is 1. The van der Waals surface area contributed by atoms with Gasteiger partial charge in [0.2, 0.25) is 0 Å². The zero-order chi connectivity index (χ0) is 14.3. The third-order valence-corrected chi connectivity index (χ3v) is 4.05. The topological polar surface area (TPSA) is 63.6 Å². The third-order valence-electron chi connectivity index (χ3n) is 4.05. The molecule has 4 nitrogen and oxygen atoms in total. The Labute approximate surface area is 115 Å². The summed E-state index contributed by atoms with van der Waals surface area (Å²) in [5.41, 5.74) is 0. The van der Waals surface area contributed by atoms with Crippen molar-refractivity contribution in [2.24, 2.45) is 17.8 Å². The SMILES string of the molecule is CCCCCCOC(=O)C1CCCC(C)C1C(=O)O. The van der Waals surface area contributed by atoms with E-state index in [2.05, 4.69) is 6.92 Å². The van der Waals surface area contributed by atoms with E-state index in [1.165, 1.54) is 0 Å². The Morgan fingerprint density at radius 3 is 2.58 bits per heavy atom. The van der Waals surface area contributed by atoms with E-state index in [9.17, 15) is 14.7 Å². The summed E-state index contributed by atoms with van der Waals surface area (Å²) in [5, 5.41) is 9.26. The first-order chi connectivity index (χ1) is 9.07. The molecule has 0 radical (unpaired) electrons. The second-order valence-corrected chi connectivity index (χ2v) is 5.61. The number of carbonyl (C=O) groups is 2. The first-order valence-corrected chi connectivity index (χ1v) is 7.47. The molecule has 1 aliphatic rings. The van der Waals surface area contributed by atoms with Crippen LogP contribution in [0.4, 0.5) is 0 Å². The zero-order valence-corrected chi connectivity index (χ0v) is 12.1. The second-order valence-electron chi connectivity index (χ2n) is 5.61. The summed E-state index contributed by atoms with van der Waals surface area (Å²) in [4.78, 5) is 23.3. The summed E-state index contributed by atoms with van der Waals surface area (Å²) >= 11 is 0. The van der Waals surface area contributed by atoms with Crippen LogP contribution in [0, 0.1) is 17.8 Å². The van der Waals surface area contributed by atoms with Crippen molar-refractivity contribution < 1.29 is 19.4 Å². The van der Waals surface area contributed by atoms with Crippen molar-refractivity contribution in [2.45, 2.75) is 58.8 Å². The molecule has 0 aromatic carbocycles. The van der Waals surface area contributed by atoms with Gasteiger partial charge >= 0.3 is 11.9 Å². The first kappa shape index (κ1) is 16.0. The lowest BCUT2D eigenvalue weighted by Gasteiger charge is -2.32. The van der Waals surface area contributed by atoms with Crippen LogP contribution in [0.1, 0.15) is 58.8 Å². The Morgan fingerprint density at radius 1 is 1.21 bits per heavy atom. The van der Waals surface area contributed by atoms with Crippen LogP contribution >= 0.6 is 0 Å². The molecule has 0 bridgehead atoms. The Morgan fingerprint density at radius 2 is 1.95 bits per heavy atom. The molecule has 0 spiro atoms. The average Bonchev–Trinajstić information content (AvgIpc) is 2.37. The predicted octanol–water partition coefficient (Wildman–Crippen LogP) is 3.25. The maximum atomic E-state index is 12.0. The zero-order valence-electron chi connectivity index (χ0n) is 12.1. The van der Waals surface area contributed by atoms with Gasteiger partial charge < -0.3 is 9.84 Å². The number of unbranched alkanes of at least 4 members (excludes halogenated alkanes) is 3. The smallest absolute Gasteiger partial charge is 0.309 e. The molecule has 0 aromatic rings. The maximum Gasteiger partial charge on any atom is 0.309 e. The number of aliphatic carboxylic acids is 1. The minimum absolute atomic E-state index is 0.0592. The van der Waals surface area contributed by atoms with Gasteiger partial charge in [-0.3, -0.25) is 9.59 Å². The fourth-order valence-corrected chi connectivity index (χ4v) is 2.90. The molecule has 3 atom stereocenters. The van der Waals surface area contributed by atoms with Crippen LogP contribution in [0.15, 0.2) is 0 Å². The molecule has 0 aromatic heterocycles. The second kappa shape index (κ2) is 8.18. The van der Waals surface area contributed by atoms with Crippen LogP contribution < -0.4 is 0 Å². The summed E-state index contributed by atoms with van der Waals surface area (Å²) in [6, 6.07) is 0. The number of hydrogen-bond acceptors (Lipinski definition) is 3. The van der Waals surface area contributed by atoms with E-state index in [-0.39, 0.29) is 11.9 Å². The van der Waals surface area contributed by atoms with Crippen molar-refractivity contribution in [2.75, 3.05) is 6.61 Å². The number of rotatable bonds is 7. The molecule has 19 heavy (non-hydrogen) atoms. The van der Waals surface area contributed by atoms with E-state index in [0.29, 0.717) is 13.0 Å². The third kappa shape index (κ3) is 4.84. The van der Waals surface area contributed by atoms with E-state index in [4.69, 9.17) is 4.74 Å². The molecule has 110 valence electrons. The van der Waals surface area contributed by atoms with E-state index < -0.39 is 17.8 Å². The number of esters is 1. The largest absolute Gasteiger partial charge is 0.481 e. The minimum atomic E-state index is -0.861. The van der Waals surface area contributed by atoms with Gasteiger partial charge in [0.25, 0.3) is 0 Å². The van der Waals surface area contributed by atoms with Gasteiger partial charge in [0, 0.05) is 0 Å². The molecule has 3 unspecified atom stereocenters. The van der Waals surface area contributed by atoms with E-state index >= 15 is 0 Å². The molecular formula is C15H26O4. The van der Waals surface area contributed by atoms with Gasteiger partial charge in [-0.1, -0.05) is 39.5 Å². The van der Waals surface area contributed by atoms with Crippen molar-refractivity contribution in [3.8, 4) is 0 Å². The number of carboxylic acids is 1. The lowest BCUT2D eigenvalue weighted by molar-refractivity contribution is -0.162. The van der Waals surface area contributed by atoms with Gasteiger partial charge in [-0.05, 0) is 25.2 Å². The molecule has 1 aliphatic carbocycles. The monoisotopic (exact) mass is 270 g/mol. The van der Waals surface area contributed by atoms with Crippen LogP contribution in [0.2, 0.25) is 0 Å². The van der Waals surface area contributed by atoms with Gasteiger partial charge in [0.15, 0.2) is 0 Å². The molecule has 0 saturated heterocycles. The summed E-state index contributed by atoms with van der Waals surface area (Å²) < 4.78 is 5.25. The standard InChI is InChI=1S/C15H26O4/c1-3-4-5-6-10-19-15(18)12-9-7-8-11(2)13(12)14(16)17/h11-13H,3-10H2,1-2H3,(H,16,17). The molecule has 0 amide bonds. The molecule has 1 rings (SSSR count). The fourth-order valence-electron chi connectivity index (χ4n) is 2.90. The van der Waals surface area contributed by atoms with E-state index in [0.717, 1.165) is 38.5 Å². The van der Waals surface area contributed by atoms with Crippen molar-refractivity contribution in [3.05, 3.63) is 0 Å². The normalized spacial score (nSPS) is 26.9. The number of carboxylic acid groups (broad SMARTS) is 1. The first-order valence-electron chi connectivity index (χ1n) is 7.47.